The molecule has 1 atom stereocenters. The Morgan fingerprint density at radius 1 is 1.56 bits per heavy atom. The van der Waals surface area contributed by atoms with Crippen LogP contribution in [0.5, 0.6) is 0 Å². The fourth-order valence-electron chi connectivity index (χ4n) is 0.913. The van der Waals surface area contributed by atoms with Crippen molar-refractivity contribution in [2.75, 3.05) is 26.3 Å². The third-order valence-corrected chi connectivity index (χ3v) is 1.48. The second-order valence-corrected chi connectivity index (χ2v) is 2.21. The van der Waals surface area contributed by atoms with Crippen molar-refractivity contribution in [2.45, 2.75) is 12.5 Å². The molecule has 1 aliphatic heterocycles. The molecule has 54 valence electrons. The lowest BCUT2D eigenvalue weighted by atomic mass is 10.3. The van der Waals surface area contributed by atoms with Gasteiger partial charge in [-0.15, -0.1) is 0 Å². The molecule has 3 heteroatoms. The molecule has 0 aromatic heterocycles. The molecular weight excluding hydrogens is 118 g/mol. The molecule has 1 heterocycles. The summed E-state index contributed by atoms with van der Waals surface area (Å²) in [6, 6.07) is 0. The molecule has 2 N–H and O–H groups in total. The molecule has 0 unspecified atom stereocenters. The van der Waals surface area contributed by atoms with Gasteiger partial charge >= 0.3 is 0 Å². The minimum absolute atomic E-state index is 0.0694. The SMILES string of the molecule is OC[C@H]1CCNCCO1. The lowest BCUT2D eigenvalue weighted by Crippen LogP contribution is -2.18. The minimum atomic E-state index is 0.0694. The van der Waals surface area contributed by atoms with Crippen molar-refractivity contribution < 1.29 is 9.84 Å². The predicted molar refractivity (Wildman–Crippen MR) is 34.3 cm³/mol. The summed E-state index contributed by atoms with van der Waals surface area (Å²) in [5.41, 5.74) is 0. The monoisotopic (exact) mass is 131 g/mol. The Bertz CT molecular complexity index is 69.5. The normalized spacial score (nSPS) is 29.7. The van der Waals surface area contributed by atoms with Crippen LogP contribution in [0.3, 0.4) is 0 Å². The van der Waals surface area contributed by atoms with Gasteiger partial charge in [0.15, 0.2) is 0 Å². The highest BCUT2D eigenvalue weighted by Crippen LogP contribution is 1.98. The van der Waals surface area contributed by atoms with Gasteiger partial charge in [0.25, 0.3) is 0 Å². The standard InChI is InChI=1S/C6H13NO2/c8-5-6-1-2-7-3-4-9-6/h6-8H,1-5H2/t6-/m1/s1. The molecule has 0 saturated carbocycles. The van der Waals surface area contributed by atoms with E-state index >= 15 is 0 Å². The van der Waals surface area contributed by atoms with Crippen LogP contribution in [0.25, 0.3) is 0 Å². The second kappa shape index (κ2) is 3.82. The number of aliphatic hydroxyl groups is 1. The van der Waals surface area contributed by atoms with Gasteiger partial charge < -0.3 is 15.2 Å². The largest absolute Gasteiger partial charge is 0.394 e. The summed E-state index contributed by atoms with van der Waals surface area (Å²) in [7, 11) is 0. The van der Waals surface area contributed by atoms with Gasteiger partial charge in [-0.2, -0.15) is 0 Å². The first-order chi connectivity index (χ1) is 4.43. The van der Waals surface area contributed by atoms with Crippen LogP contribution in [0.15, 0.2) is 0 Å². The first-order valence-electron chi connectivity index (χ1n) is 3.36. The lowest BCUT2D eigenvalue weighted by Gasteiger charge is -2.09. The van der Waals surface area contributed by atoms with E-state index in [0.29, 0.717) is 0 Å². The summed E-state index contributed by atoms with van der Waals surface area (Å²) in [5, 5.41) is 11.8. The Morgan fingerprint density at radius 3 is 3.22 bits per heavy atom. The van der Waals surface area contributed by atoms with Crippen molar-refractivity contribution in [2.24, 2.45) is 0 Å². The molecule has 0 aromatic rings. The maximum atomic E-state index is 8.66. The Labute approximate surface area is 55.0 Å². The van der Waals surface area contributed by atoms with Gasteiger partial charge in [0, 0.05) is 6.54 Å². The molecule has 0 aromatic carbocycles. The summed E-state index contributed by atoms with van der Waals surface area (Å²) in [6.07, 6.45) is 0.997. The number of hydrogen-bond acceptors (Lipinski definition) is 3. The number of aliphatic hydroxyl groups excluding tert-OH is 1. The van der Waals surface area contributed by atoms with E-state index < -0.39 is 0 Å². The van der Waals surface area contributed by atoms with Gasteiger partial charge in [0.2, 0.25) is 0 Å². The highest BCUT2D eigenvalue weighted by molar-refractivity contribution is 4.62. The van der Waals surface area contributed by atoms with Crippen LogP contribution < -0.4 is 5.32 Å². The summed E-state index contributed by atoms with van der Waals surface area (Å²) >= 11 is 0. The quantitative estimate of drug-likeness (QED) is 0.497. The van der Waals surface area contributed by atoms with Crippen LogP contribution in [-0.4, -0.2) is 37.5 Å². The number of nitrogens with one attached hydrogen (secondary N) is 1. The predicted octanol–water partition coefficient (Wildman–Crippen LogP) is -0.643. The molecule has 0 bridgehead atoms. The summed E-state index contributed by atoms with van der Waals surface area (Å²) in [5.74, 6) is 0. The van der Waals surface area contributed by atoms with Crippen LogP contribution in [-0.2, 0) is 4.74 Å². The van der Waals surface area contributed by atoms with Gasteiger partial charge in [-0.25, -0.2) is 0 Å². The summed E-state index contributed by atoms with van der Waals surface area (Å²) in [4.78, 5) is 0. The van der Waals surface area contributed by atoms with Crippen LogP contribution in [0.1, 0.15) is 6.42 Å². The molecule has 1 aliphatic rings. The average molecular weight is 131 g/mol. The third kappa shape index (κ3) is 2.30. The summed E-state index contributed by atoms with van der Waals surface area (Å²) in [6.45, 7) is 2.76. The lowest BCUT2D eigenvalue weighted by molar-refractivity contribution is 0.0220. The van der Waals surface area contributed by atoms with E-state index in [-0.39, 0.29) is 12.7 Å². The van der Waals surface area contributed by atoms with E-state index in [2.05, 4.69) is 5.32 Å². The number of ether oxygens (including phenoxy) is 1. The van der Waals surface area contributed by atoms with Gasteiger partial charge in [0.1, 0.15) is 0 Å². The third-order valence-electron chi connectivity index (χ3n) is 1.48. The molecule has 0 amide bonds. The minimum Gasteiger partial charge on any atom is -0.394 e. The van der Waals surface area contributed by atoms with E-state index in [1.54, 1.807) is 0 Å². The molecule has 9 heavy (non-hydrogen) atoms. The number of rotatable bonds is 1. The van der Waals surface area contributed by atoms with Gasteiger partial charge in [-0.1, -0.05) is 0 Å². The highest BCUT2D eigenvalue weighted by atomic mass is 16.5. The average Bonchev–Trinajstić information content (AvgIpc) is 2.13. The second-order valence-electron chi connectivity index (χ2n) is 2.21. The molecule has 1 rings (SSSR count). The zero-order chi connectivity index (χ0) is 6.53. The van der Waals surface area contributed by atoms with E-state index in [0.717, 1.165) is 26.1 Å². The molecule has 0 spiro atoms. The topological polar surface area (TPSA) is 41.5 Å². The van der Waals surface area contributed by atoms with Crippen molar-refractivity contribution in [3.05, 3.63) is 0 Å². The van der Waals surface area contributed by atoms with Crippen molar-refractivity contribution in [1.82, 2.24) is 5.32 Å². The molecule has 3 nitrogen and oxygen atoms in total. The molecule has 0 radical (unpaired) electrons. The Hall–Kier alpha value is -0.120. The smallest absolute Gasteiger partial charge is 0.0818 e. The molecule has 1 saturated heterocycles. The van der Waals surface area contributed by atoms with Gasteiger partial charge in [0.05, 0.1) is 19.3 Å². The number of hydrogen-bond donors (Lipinski definition) is 2. The van der Waals surface area contributed by atoms with Crippen LogP contribution in [0.2, 0.25) is 0 Å². The van der Waals surface area contributed by atoms with Gasteiger partial charge in [-0.3, -0.25) is 0 Å². The maximum absolute atomic E-state index is 8.66. The van der Waals surface area contributed by atoms with Crippen molar-refractivity contribution >= 4 is 0 Å². The first kappa shape index (κ1) is 6.99. The first-order valence-corrected chi connectivity index (χ1v) is 3.36. The van der Waals surface area contributed by atoms with Crippen molar-refractivity contribution in [3.8, 4) is 0 Å². The Morgan fingerprint density at radius 2 is 2.44 bits per heavy atom. The van der Waals surface area contributed by atoms with Crippen LogP contribution in [0, 0.1) is 0 Å². The fourth-order valence-corrected chi connectivity index (χ4v) is 0.913. The molecular formula is C6H13NO2. The molecule has 0 aliphatic carbocycles. The molecule has 1 fully saturated rings. The van der Waals surface area contributed by atoms with E-state index in [9.17, 15) is 0 Å². The Kier molecular flexibility index (Phi) is 2.97. The highest BCUT2D eigenvalue weighted by Gasteiger charge is 2.09. The zero-order valence-electron chi connectivity index (χ0n) is 5.47. The maximum Gasteiger partial charge on any atom is 0.0818 e. The summed E-state index contributed by atoms with van der Waals surface area (Å²) < 4.78 is 5.24. The van der Waals surface area contributed by atoms with Crippen molar-refractivity contribution in [1.29, 1.82) is 0 Å². The van der Waals surface area contributed by atoms with E-state index in [4.69, 9.17) is 9.84 Å². The van der Waals surface area contributed by atoms with E-state index in [1.165, 1.54) is 0 Å². The van der Waals surface area contributed by atoms with Gasteiger partial charge in [-0.05, 0) is 13.0 Å². The fraction of sp³-hybridized carbons (Fsp3) is 1.00. The van der Waals surface area contributed by atoms with Crippen molar-refractivity contribution in [3.63, 3.8) is 0 Å². The Balaban J connectivity index is 2.18. The zero-order valence-corrected chi connectivity index (χ0v) is 5.47. The van der Waals surface area contributed by atoms with Crippen LogP contribution >= 0.6 is 0 Å². The van der Waals surface area contributed by atoms with Crippen LogP contribution in [0.4, 0.5) is 0 Å². The van der Waals surface area contributed by atoms with E-state index in [1.807, 2.05) is 0 Å².